The molecule has 4 aromatic rings. The number of esters is 1. The maximum atomic E-state index is 12.3. The average molecular weight is 463 g/mol. The van der Waals surface area contributed by atoms with Crippen molar-refractivity contribution >= 4 is 34.8 Å². The van der Waals surface area contributed by atoms with E-state index in [1.807, 2.05) is 90.8 Å². The minimum atomic E-state index is -0.311. The lowest BCUT2D eigenvalue weighted by Crippen LogP contribution is -2.24. The van der Waals surface area contributed by atoms with Crippen LogP contribution >= 0.6 is 11.8 Å². The second-order valence-corrected chi connectivity index (χ2v) is 8.80. The maximum absolute atomic E-state index is 12.3. The number of thioether (sulfide) groups is 1. The summed E-state index contributed by atoms with van der Waals surface area (Å²) in [5.41, 5.74) is 2.66. The molecule has 0 radical (unpaired) electrons. The molecule has 1 atom stereocenters. The third-order valence-electron chi connectivity index (χ3n) is 5.13. The van der Waals surface area contributed by atoms with Gasteiger partial charge < -0.3 is 18.8 Å². The lowest BCUT2D eigenvalue weighted by Gasteiger charge is -2.16. The lowest BCUT2D eigenvalue weighted by molar-refractivity contribution is -0.139. The fourth-order valence-corrected chi connectivity index (χ4v) is 4.43. The number of hydrogen-bond acceptors (Lipinski definition) is 7. The van der Waals surface area contributed by atoms with Crippen LogP contribution in [0.1, 0.15) is 5.56 Å². The van der Waals surface area contributed by atoms with Gasteiger partial charge in [-0.15, -0.1) is 11.8 Å². The van der Waals surface area contributed by atoms with Crippen LogP contribution in [0.5, 0.6) is 5.75 Å². The molecular weight excluding hydrogens is 436 g/mol. The number of ether oxygens (including phenoxy) is 2. The molecule has 170 valence electrons. The van der Waals surface area contributed by atoms with E-state index in [9.17, 15) is 4.79 Å². The predicted molar refractivity (Wildman–Crippen MR) is 131 cm³/mol. The first-order valence-electron chi connectivity index (χ1n) is 10.7. The van der Waals surface area contributed by atoms with E-state index in [0.717, 1.165) is 27.3 Å². The van der Waals surface area contributed by atoms with Crippen molar-refractivity contribution in [3.8, 4) is 5.75 Å². The van der Waals surface area contributed by atoms with Crippen molar-refractivity contribution in [1.29, 1.82) is 0 Å². The van der Waals surface area contributed by atoms with Crippen LogP contribution in [0.2, 0.25) is 0 Å². The van der Waals surface area contributed by atoms with Crippen molar-refractivity contribution in [1.82, 2.24) is 4.98 Å². The summed E-state index contributed by atoms with van der Waals surface area (Å²) >= 11 is 1.51. The van der Waals surface area contributed by atoms with Gasteiger partial charge in [-0.05, 0) is 48.4 Å². The Kier molecular flexibility index (Phi) is 7.52. The van der Waals surface area contributed by atoms with Crippen LogP contribution in [0.3, 0.4) is 0 Å². The summed E-state index contributed by atoms with van der Waals surface area (Å²) < 4.78 is 16.7. The Labute approximate surface area is 197 Å². The van der Waals surface area contributed by atoms with Gasteiger partial charge in [0.2, 0.25) is 0 Å². The zero-order chi connectivity index (χ0) is 23.0. The Morgan fingerprint density at radius 2 is 1.76 bits per heavy atom. The Balaban J connectivity index is 1.30. The molecule has 0 spiro atoms. The first-order chi connectivity index (χ1) is 16.1. The first-order valence-corrected chi connectivity index (χ1v) is 11.6. The standard InChI is InChI=1S/C26H26N2O4S/c1-28(26-27-22-10-6-7-11-23(22)32-26)16-17-31-20-14-12-19(13-15-20)18-24(25(29)30-2)33-21-8-4-3-5-9-21/h3-15,24H,16-18H2,1-2H3. The van der Waals surface area contributed by atoms with Crippen LogP contribution in [0, 0.1) is 0 Å². The van der Waals surface area contributed by atoms with E-state index in [-0.39, 0.29) is 11.2 Å². The highest BCUT2D eigenvalue weighted by atomic mass is 32.2. The molecule has 0 N–H and O–H groups in total. The number of anilines is 1. The summed E-state index contributed by atoms with van der Waals surface area (Å²) in [6, 6.07) is 26.0. The molecular formula is C26H26N2O4S. The van der Waals surface area contributed by atoms with Gasteiger partial charge in [0.1, 0.15) is 23.1 Å². The Bertz CT molecular complexity index is 1140. The predicted octanol–water partition coefficient (Wildman–Crippen LogP) is 5.22. The molecule has 0 amide bonds. The molecule has 1 unspecified atom stereocenters. The van der Waals surface area contributed by atoms with Gasteiger partial charge in [0.25, 0.3) is 6.01 Å². The highest BCUT2D eigenvalue weighted by Gasteiger charge is 2.21. The molecule has 0 saturated heterocycles. The molecule has 0 fully saturated rings. The van der Waals surface area contributed by atoms with E-state index in [1.54, 1.807) is 0 Å². The van der Waals surface area contributed by atoms with E-state index in [0.29, 0.717) is 25.6 Å². The summed E-state index contributed by atoms with van der Waals surface area (Å²) in [5, 5.41) is -0.311. The fraction of sp³-hybridized carbons (Fsp3) is 0.231. The SMILES string of the molecule is COC(=O)C(Cc1ccc(OCCN(C)c2nc3ccccc3o2)cc1)Sc1ccccc1. The number of methoxy groups -OCH3 is 1. The van der Waals surface area contributed by atoms with Crippen molar-refractivity contribution in [3.63, 3.8) is 0 Å². The Morgan fingerprint density at radius 3 is 2.48 bits per heavy atom. The van der Waals surface area contributed by atoms with Crippen molar-refractivity contribution < 1.29 is 18.7 Å². The van der Waals surface area contributed by atoms with E-state index < -0.39 is 0 Å². The van der Waals surface area contributed by atoms with Gasteiger partial charge in [-0.1, -0.05) is 42.5 Å². The van der Waals surface area contributed by atoms with Crippen LogP contribution in [0.25, 0.3) is 11.1 Å². The van der Waals surface area contributed by atoms with Crippen LogP contribution < -0.4 is 9.64 Å². The number of para-hydroxylation sites is 2. The van der Waals surface area contributed by atoms with Gasteiger partial charge in [-0.2, -0.15) is 4.98 Å². The number of carbonyl (C=O) groups excluding carboxylic acids is 1. The molecule has 7 heteroatoms. The van der Waals surface area contributed by atoms with Crippen molar-refractivity contribution in [2.24, 2.45) is 0 Å². The van der Waals surface area contributed by atoms with Gasteiger partial charge in [-0.3, -0.25) is 4.79 Å². The topological polar surface area (TPSA) is 64.8 Å². The quantitative estimate of drug-likeness (QED) is 0.236. The monoisotopic (exact) mass is 462 g/mol. The van der Waals surface area contributed by atoms with Crippen LogP contribution in [-0.4, -0.2) is 43.5 Å². The maximum Gasteiger partial charge on any atom is 0.319 e. The fourth-order valence-electron chi connectivity index (χ4n) is 3.32. The summed E-state index contributed by atoms with van der Waals surface area (Å²) in [5.74, 6) is 0.543. The van der Waals surface area contributed by atoms with Crippen molar-refractivity contribution in [3.05, 3.63) is 84.4 Å². The molecule has 0 aliphatic heterocycles. The zero-order valence-electron chi connectivity index (χ0n) is 18.6. The average Bonchev–Trinajstić information content (AvgIpc) is 3.29. The number of rotatable bonds is 10. The van der Waals surface area contributed by atoms with Crippen LogP contribution in [0.15, 0.2) is 88.2 Å². The molecule has 0 aliphatic carbocycles. The van der Waals surface area contributed by atoms with Crippen LogP contribution in [0.4, 0.5) is 6.01 Å². The number of fused-ring (bicyclic) bond motifs is 1. The normalized spacial score (nSPS) is 11.8. The number of hydrogen-bond donors (Lipinski definition) is 0. The second-order valence-electron chi connectivity index (χ2n) is 7.52. The van der Waals surface area contributed by atoms with Gasteiger partial charge in [0.15, 0.2) is 5.58 Å². The number of oxazole rings is 1. The lowest BCUT2D eigenvalue weighted by atomic mass is 10.1. The molecule has 0 aliphatic rings. The second kappa shape index (κ2) is 10.9. The number of nitrogens with zero attached hydrogens (tertiary/aromatic N) is 2. The van der Waals surface area contributed by atoms with Gasteiger partial charge in [-0.25, -0.2) is 0 Å². The summed E-state index contributed by atoms with van der Waals surface area (Å²) in [6.45, 7) is 1.12. The number of carbonyl (C=O) groups is 1. The molecule has 1 aromatic heterocycles. The molecule has 6 nitrogen and oxygen atoms in total. The van der Waals surface area contributed by atoms with Crippen molar-refractivity contribution in [2.75, 3.05) is 32.2 Å². The van der Waals surface area contributed by atoms with Gasteiger partial charge >= 0.3 is 5.97 Å². The number of aromatic nitrogens is 1. The van der Waals surface area contributed by atoms with E-state index in [2.05, 4.69) is 4.98 Å². The third-order valence-corrected chi connectivity index (χ3v) is 6.32. The van der Waals surface area contributed by atoms with E-state index in [1.165, 1.54) is 18.9 Å². The molecule has 3 aromatic carbocycles. The molecule has 33 heavy (non-hydrogen) atoms. The summed E-state index contributed by atoms with van der Waals surface area (Å²) in [7, 11) is 3.35. The Hall–Kier alpha value is -3.45. The molecule has 1 heterocycles. The molecule has 0 bridgehead atoms. The van der Waals surface area contributed by atoms with Gasteiger partial charge in [0.05, 0.1) is 13.7 Å². The number of benzene rings is 3. The number of likely N-dealkylation sites (N-methyl/N-ethyl adjacent to an activating group) is 1. The highest BCUT2D eigenvalue weighted by molar-refractivity contribution is 8.00. The molecule has 4 rings (SSSR count). The minimum absolute atomic E-state index is 0.230. The zero-order valence-corrected chi connectivity index (χ0v) is 19.5. The smallest absolute Gasteiger partial charge is 0.319 e. The van der Waals surface area contributed by atoms with Gasteiger partial charge in [0, 0.05) is 11.9 Å². The summed E-state index contributed by atoms with van der Waals surface area (Å²) in [4.78, 5) is 19.7. The largest absolute Gasteiger partial charge is 0.492 e. The third kappa shape index (κ3) is 6.08. The van der Waals surface area contributed by atoms with E-state index in [4.69, 9.17) is 13.9 Å². The Morgan fingerprint density at radius 1 is 1.03 bits per heavy atom. The summed E-state index contributed by atoms with van der Waals surface area (Å²) in [6.07, 6.45) is 0.576. The molecule has 0 saturated carbocycles. The van der Waals surface area contributed by atoms with E-state index >= 15 is 0 Å². The van der Waals surface area contributed by atoms with Crippen LogP contribution in [-0.2, 0) is 16.0 Å². The highest BCUT2D eigenvalue weighted by Crippen LogP contribution is 2.27. The van der Waals surface area contributed by atoms with Crippen molar-refractivity contribution in [2.45, 2.75) is 16.6 Å². The minimum Gasteiger partial charge on any atom is -0.492 e. The first kappa shape index (κ1) is 22.7.